The number of aromatic nitrogens is 4. The van der Waals surface area contributed by atoms with E-state index in [0.717, 1.165) is 0 Å². The van der Waals surface area contributed by atoms with Gasteiger partial charge in [-0.3, -0.25) is 9.69 Å². The first-order chi connectivity index (χ1) is 13.4. The SMILES string of the molecule is Cn1nnnc1SCC1=C(C(=O)O)N2C(=O)C(NC(=S)[C@H]3C[C@@H]3C#N)[C@@H]2SC1. The van der Waals surface area contributed by atoms with Crippen LogP contribution in [0.5, 0.6) is 0 Å². The van der Waals surface area contributed by atoms with Crippen molar-refractivity contribution in [1.29, 1.82) is 5.26 Å². The molecule has 0 radical (unpaired) electrons. The second-order valence-electron chi connectivity index (χ2n) is 6.60. The minimum atomic E-state index is -1.13. The first-order valence-electron chi connectivity index (χ1n) is 8.37. The number of aryl methyl sites for hydroxylation is 1. The Kier molecular flexibility index (Phi) is 5.02. The highest BCUT2D eigenvalue weighted by Crippen LogP contribution is 2.43. The summed E-state index contributed by atoms with van der Waals surface area (Å²) in [6.45, 7) is 0. The minimum absolute atomic E-state index is 0.00288. The van der Waals surface area contributed by atoms with Gasteiger partial charge in [-0.25, -0.2) is 9.48 Å². The minimum Gasteiger partial charge on any atom is -0.477 e. The topological polar surface area (TPSA) is 137 Å². The lowest BCUT2D eigenvalue weighted by molar-refractivity contribution is -0.148. The van der Waals surface area contributed by atoms with Gasteiger partial charge in [-0.15, -0.1) is 16.9 Å². The number of nitrogens with zero attached hydrogens (tertiary/aromatic N) is 6. The average molecular weight is 438 g/mol. The fourth-order valence-corrected chi connectivity index (χ4v) is 5.90. The lowest BCUT2D eigenvalue weighted by atomic mass is 10.0. The van der Waals surface area contributed by atoms with Gasteiger partial charge in [0.2, 0.25) is 5.16 Å². The summed E-state index contributed by atoms with van der Waals surface area (Å²) in [5, 5.41) is 33.1. The fraction of sp³-hybridized carbons (Fsp3) is 0.533. The Hall–Kier alpha value is -2.17. The van der Waals surface area contributed by atoms with Crippen LogP contribution in [-0.2, 0) is 16.6 Å². The third-order valence-electron chi connectivity index (χ3n) is 4.80. The number of carbonyl (C=O) groups excluding carboxylic acids is 1. The Morgan fingerprint density at radius 3 is 2.96 bits per heavy atom. The number of carbonyl (C=O) groups is 2. The molecule has 13 heteroatoms. The van der Waals surface area contributed by atoms with Gasteiger partial charge in [0.15, 0.2) is 0 Å². The van der Waals surface area contributed by atoms with Crippen molar-refractivity contribution in [3.05, 3.63) is 11.3 Å². The quantitative estimate of drug-likeness (QED) is 0.353. The number of fused-ring (bicyclic) bond motifs is 1. The van der Waals surface area contributed by atoms with E-state index in [-0.39, 0.29) is 28.8 Å². The number of nitrogens with one attached hydrogen (secondary N) is 1. The van der Waals surface area contributed by atoms with E-state index in [9.17, 15) is 14.7 Å². The largest absolute Gasteiger partial charge is 0.477 e. The van der Waals surface area contributed by atoms with Crippen LogP contribution in [-0.4, -0.2) is 70.0 Å². The molecule has 2 N–H and O–H groups in total. The van der Waals surface area contributed by atoms with Gasteiger partial charge < -0.3 is 10.4 Å². The molecule has 28 heavy (non-hydrogen) atoms. The predicted molar refractivity (Wildman–Crippen MR) is 104 cm³/mol. The molecule has 2 aliphatic heterocycles. The lowest BCUT2D eigenvalue weighted by Crippen LogP contribution is -2.70. The Balaban J connectivity index is 1.46. The molecular weight excluding hydrogens is 422 g/mol. The first-order valence-corrected chi connectivity index (χ1v) is 10.8. The van der Waals surface area contributed by atoms with E-state index in [2.05, 4.69) is 26.9 Å². The average Bonchev–Trinajstić information content (AvgIpc) is 3.37. The van der Waals surface area contributed by atoms with Gasteiger partial charge in [0.05, 0.1) is 17.0 Å². The van der Waals surface area contributed by atoms with Crippen molar-refractivity contribution in [3.63, 3.8) is 0 Å². The van der Waals surface area contributed by atoms with Crippen molar-refractivity contribution in [3.8, 4) is 6.07 Å². The molecule has 1 aliphatic carbocycles. The fourth-order valence-electron chi connectivity index (χ4n) is 3.18. The first kappa shape index (κ1) is 19.2. The Morgan fingerprint density at radius 2 is 2.36 bits per heavy atom. The molecule has 1 saturated carbocycles. The number of amides is 1. The molecule has 1 aromatic heterocycles. The Morgan fingerprint density at radius 1 is 1.57 bits per heavy atom. The number of β-lactam (4-membered cyclic amide) rings is 1. The number of tetrazole rings is 1. The van der Waals surface area contributed by atoms with Crippen molar-refractivity contribution in [2.24, 2.45) is 18.9 Å². The smallest absolute Gasteiger partial charge is 0.352 e. The number of thiocarbonyl (C=S) groups is 1. The number of thioether (sulfide) groups is 2. The van der Waals surface area contributed by atoms with Crippen LogP contribution >= 0.6 is 35.7 Å². The van der Waals surface area contributed by atoms with E-state index in [1.54, 1.807) is 7.05 Å². The maximum Gasteiger partial charge on any atom is 0.352 e. The summed E-state index contributed by atoms with van der Waals surface area (Å²) in [5.41, 5.74) is 0.685. The molecule has 1 unspecified atom stereocenters. The number of aliphatic carboxylic acids is 1. The summed E-state index contributed by atoms with van der Waals surface area (Å²) in [5.74, 6) is -0.659. The second-order valence-corrected chi connectivity index (χ2v) is 9.09. The van der Waals surface area contributed by atoms with Crippen LogP contribution in [0.15, 0.2) is 16.4 Å². The van der Waals surface area contributed by atoms with E-state index in [1.165, 1.54) is 33.1 Å². The third kappa shape index (κ3) is 3.25. The number of hydrogen-bond donors (Lipinski definition) is 2. The molecule has 1 amide bonds. The number of rotatable bonds is 6. The van der Waals surface area contributed by atoms with Crippen LogP contribution in [0.3, 0.4) is 0 Å². The van der Waals surface area contributed by atoms with Crippen LogP contribution in [0.1, 0.15) is 6.42 Å². The summed E-state index contributed by atoms with van der Waals surface area (Å²) in [6, 6.07) is 1.62. The van der Waals surface area contributed by atoms with E-state index in [1.807, 2.05) is 0 Å². The van der Waals surface area contributed by atoms with Gasteiger partial charge >= 0.3 is 5.97 Å². The van der Waals surface area contributed by atoms with E-state index in [0.29, 0.717) is 33.6 Å². The van der Waals surface area contributed by atoms with Crippen molar-refractivity contribution in [2.75, 3.05) is 11.5 Å². The molecular formula is C15H15N7O3S3. The molecule has 4 atom stereocenters. The number of hydrogen-bond acceptors (Lipinski definition) is 9. The maximum atomic E-state index is 12.7. The second kappa shape index (κ2) is 7.34. The lowest BCUT2D eigenvalue weighted by Gasteiger charge is -2.49. The van der Waals surface area contributed by atoms with Gasteiger partial charge in [0, 0.05) is 24.5 Å². The van der Waals surface area contributed by atoms with Crippen LogP contribution in [0.25, 0.3) is 0 Å². The third-order valence-corrected chi connectivity index (χ3v) is 7.65. The summed E-state index contributed by atoms with van der Waals surface area (Å²) in [7, 11) is 1.70. The molecule has 146 valence electrons. The highest BCUT2D eigenvalue weighted by atomic mass is 32.2. The van der Waals surface area contributed by atoms with Gasteiger partial charge in [0.1, 0.15) is 17.1 Å². The van der Waals surface area contributed by atoms with Gasteiger partial charge in [-0.05, 0) is 22.4 Å². The summed E-state index contributed by atoms with van der Waals surface area (Å²) in [6.07, 6.45) is 0.712. The summed E-state index contributed by atoms with van der Waals surface area (Å²) in [4.78, 5) is 26.4. The highest BCUT2D eigenvalue weighted by molar-refractivity contribution is 8.01. The molecule has 4 rings (SSSR count). The maximum absolute atomic E-state index is 12.7. The van der Waals surface area contributed by atoms with Crippen molar-refractivity contribution in [1.82, 2.24) is 30.4 Å². The van der Waals surface area contributed by atoms with Gasteiger partial charge in [-0.2, -0.15) is 5.26 Å². The molecule has 10 nitrogen and oxygen atoms in total. The molecule has 1 saturated heterocycles. The molecule has 3 aliphatic rings. The van der Waals surface area contributed by atoms with Crippen LogP contribution < -0.4 is 5.32 Å². The Bertz CT molecular complexity index is 940. The molecule has 0 bridgehead atoms. The van der Waals surface area contributed by atoms with Crippen molar-refractivity contribution in [2.45, 2.75) is 23.0 Å². The zero-order valence-electron chi connectivity index (χ0n) is 14.6. The van der Waals surface area contributed by atoms with E-state index < -0.39 is 12.0 Å². The molecule has 1 aromatic rings. The normalized spacial score (nSPS) is 28.3. The van der Waals surface area contributed by atoms with Gasteiger partial charge in [0.25, 0.3) is 5.91 Å². The zero-order chi connectivity index (χ0) is 20.0. The molecule has 0 aromatic carbocycles. The summed E-state index contributed by atoms with van der Waals surface area (Å²) < 4.78 is 1.51. The number of carboxylic acid groups (broad SMARTS) is 1. The molecule has 2 fully saturated rings. The standard InChI is InChI=1S/C15H15N7O3S3/c1-21-15(18-19-20-21)28-5-7-4-27-13-9(12(23)22(13)10(7)14(24)25)17-11(26)8-2-6(8)3-16/h6,8-9,13H,2,4-5H2,1H3,(H,17,26)(H,24,25)/t6-,8+,9?,13+/m1/s1. The van der Waals surface area contributed by atoms with E-state index >= 15 is 0 Å². The van der Waals surface area contributed by atoms with Gasteiger partial charge in [-0.1, -0.05) is 24.0 Å². The highest BCUT2D eigenvalue weighted by Gasteiger charge is 2.55. The Labute approximate surface area is 173 Å². The van der Waals surface area contributed by atoms with Crippen LogP contribution in [0.2, 0.25) is 0 Å². The zero-order valence-corrected chi connectivity index (χ0v) is 17.1. The van der Waals surface area contributed by atoms with Crippen molar-refractivity contribution < 1.29 is 14.7 Å². The summed E-state index contributed by atoms with van der Waals surface area (Å²) >= 11 is 8.14. The number of carboxylic acids is 1. The van der Waals surface area contributed by atoms with Crippen molar-refractivity contribution >= 4 is 52.6 Å². The molecule has 0 spiro atoms. The molecule has 3 heterocycles. The van der Waals surface area contributed by atoms with Crippen LogP contribution in [0, 0.1) is 23.2 Å². The number of nitriles is 1. The predicted octanol–water partition coefficient (Wildman–Crippen LogP) is 0.00128. The monoisotopic (exact) mass is 437 g/mol. The van der Waals surface area contributed by atoms with E-state index in [4.69, 9.17) is 17.5 Å². The van der Waals surface area contributed by atoms with Crippen LogP contribution in [0.4, 0.5) is 0 Å².